The van der Waals surface area contributed by atoms with E-state index in [1.165, 1.54) is 11.3 Å². The molecule has 1 aromatic heterocycles. The SMILES string of the molecule is Cl.O=C(CCCNC(=O)c1ccsc1)NCCN1CCNCC1. The Balaban J connectivity index is 0.00000264. The number of thiophene rings is 1. The molecule has 0 saturated carbocycles. The Morgan fingerprint density at radius 3 is 2.70 bits per heavy atom. The first kappa shape index (κ1) is 19.9. The van der Waals surface area contributed by atoms with Crippen molar-refractivity contribution in [1.29, 1.82) is 0 Å². The highest BCUT2D eigenvalue weighted by atomic mass is 35.5. The molecule has 0 unspecified atom stereocenters. The van der Waals surface area contributed by atoms with Crippen LogP contribution in [0.25, 0.3) is 0 Å². The zero-order chi connectivity index (χ0) is 15.6. The number of nitrogens with one attached hydrogen (secondary N) is 3. The lowest BCUT2D eigenvalue weighted by molar-refractivity contribution is -0.121. The number of piperazine rings is 1. The summed E-state index contributed by atoms with van der Waals surface area (Å²) in [6.45, 7) is 6.27. The van der Waals surface area contributed by atoms with E-state index >= 15 is 0 Å². The highest BCUT2D eigenvalue weighted by molar-refractivity contribution is 7.08. The van der Waals surface area contributed by atoms with Crippen LogP contribution in [-0.4, -0.2) is 62.5 Å². The predicted molar refractivity (Wildman–Crippen MR) is 95.5 cm³/mol. The van der Waals surface area contributed by atoms with Crippen LogP contribution in [0.3, 0.4) is 0 Å². The molecule has 6 nitrogen and oxygen atoms in total. The van der Waals surface area contributed by atoms with Gasteiger partial charge >= 0.3 is 0 Å². The van der Waals surface area contributed by atoms with Gasteiger partial charge in [-0.3, -0.25) is 14.5 Å². The van der Waals surface area contributed by atoms with Crippen molar-refractivity contribution in [2.75, 3.05) is 45.8 Å². The smallest absolute Gasteiger partial charge is 0.252 e. The maximum Gasteiger partial charge on any atom is 0.252 e. The molecule has 2 heterocycles. The van der Waals surface area contributed by atoms with E-state index in [0.29, 0.717) is 31.5 Å². The van der Waals surface area contributed by atoms with Crippen molar-refractivity contribution < 1.29 is 9.59 Å². The lowest BCUT2D eigenvalue weighted by atomic mass is 10.2. The van der Waals surface area contributed by atoms with Crippen LogP contribution in [0.15, 0.2) is 16.8 Å². The molecule has 0 spiro atoms. The second-order valence-electron chi connectivity index (χ2n) is 5.31. The van der Waals surface area contributed by atoms with Gasteiger partial charge in [0.15, 0.2) is 0 Å². The molecule has 1 fully saturated rings. The second kappa shape index (κ2) is 11.4. The fraction of sp³-hybridized carbons (Fsp3) is 0.600. The van der Waals surface area contributed by atoms with Crippen LogP contribution < -0.4 is 16.0 Å². The van der Waals surface area contributed by atoms with E-state index in [9.17, 15) is 9.59 Å². The monoisotopic (exact) mass is 360 g/mol. The number of carbonyl (C=O) groups excluding carboxylic acids is 2. The third-order valence-electron chi connectivity index (χ3n) is 3.61. The van der Waals surface area contributed by atoms with Crippen LogP contribution in [0, 0.1) is 0 Å². The molecule has 0 aliphatic carbocycles. The van der Waals surface area contributed by atoms with Gasteiger partial charge in [0.1, 0.15) is 0 Å². The third kappa shape index (κ3) is 7.78. The van der Waals surface area contributed by atoms with Crippen molar-refractivity contribution in [2.45, 2.75) is 12.8 Å². The third-order valence-corrected chi connectivity index (χ3v) is 4.29. The summed E-state index contributed by atoms with van der Waals surface area (Å²) in [4.78, 5) is 25.7. The minimum absolute atomic E-state index is 0. The predicted octanol–water partition coefficient (Wildman–Crippen LogP) is 0.701. The summed E-state index contributed by atoms with van der Waals surface area (Å²) in [5, 5.41) is 12.8. The minimum atomic E-state index is -0.0691. The zero-order valence-corrected chi connectivity index (χ0v) is 14.8. The quantitative estimate of drug-likeness (QED) is 0.597. The standard InChI is InChI=1S/C15H24N4O2S.ClH/c20-14(17-7-10-19-8-5-16-6-9-19)2-1-4-18-15(21)13-3-11-22-12-13;/h3,11-12,16H,1-2,4-10H2,(H,17,20)(H,18,21);1H. The van der Waals surface area contributed by atoms with Crippen LogP contribution in [0.5, 0.6) is 0 Å². The molecule has 23 heavy (non-hydrogen) atoms. The van der Waals surface area contributed by atoms with Gasteiger partial charge in [-0.2, -0.15) is 11.3 Å². The number of carbonyl (C=O) groups is 2. The van der Waals surface area contributed by atoms with Gasteiger partial charge in [-0.25, -0.2) is 0 Å². The van der Waals surface area contributed by atoms with Crippen molar-refractivity contribution in [3.8, 4) is 0 Å². The molecule has 3 N–H and O–H groups in total. The summed E-state index contributed by atoms with van der Waals surface area (Å²) >= 11 is 1.50. The van der Waals surface area contributed by atoms with Crippen molar-refractivity contribution in [3.63, 3.8) is 0 Å². The Morgan fingerprint density at radius 1 is 1.22 bits per heavy atom. The molecule has 0 aromatic carbocycles. The van der Waals surface area contributed by atoms with Gasteiger partial charge in [-0.05, 0) is 17.9 Å². The Kier molecular flexibility index (Phi) is 9.86. The number of rotatable bonds is 8. The van der Waals surface area contributed by atoms with Crippen LogP contribution in [-0.2, 0) is 4.79 Å². The maximum atomic E-state index is 11.7. The second-order valence-corrected chi connectivity index (χ2v) is 6.09. The lowest BCUT2D eigenvalue weighted by Crippen LogP contribution is -2.46. The van der Waals surface area contributed by atoms with Crippen LogP contribution in [0.1, 0.15) is 23.2 Å². The zero-order valence-electron chi connectivity index (χ0n) is 13.2. The first-order valence-electron chi connectivity index (χ1n) is 7.76. The fourth-order valence-corrected chi connectivity index (χ4v) is 2.96. The molecule has 2 amide bonds. The number of hydrogen-bond acceptors (Lipinski definition) is 5. The van der Waals surface area contributed by atoms with Gasteiger partial charge in [0.05, 0.1) is 0 Å². The van der Waals surface area contributed by atoms with Gasteiger partial charge in [-0.15, -0.1) is 12.4 Å². The Morgan fingerprint density at radius 2 is 2.00 bits per heavy atom. The fourth-order valence-electron chi connectivity index (χ4n) is 2.32. The van der Waals surface area contributed by atoms with E-state index in [4.69, 9.17) is 0 Å². The Hall–Kier alpha value is -1.15. The topological polar surface area (TPSA) is 73.5 Å². The maximum absolute atomic E-state index is 11.7. The molecular formula is C15H25ClN4O2S. The van der Waals surface area contributed by atoms with Crippen LogP contribution in [0.2, 0.25) is 0 Å². The molecule has 1 saturated heterocycles. The minimum Gasteiger partial charge on any atom is -0.355 e. The molecule has 2 rings (SSSR count). The molecule has 0 bridgehead atoms. The van der Waals surface area contributed by atoms with E-state index in [-0.39, 0.29) is 24.2 Å². The van der Waals surface area contributed by atoms with E-state index in [1.807, 2.05) is 10.8 Å². The van der Waals surface area contributed by atoms with Crippen LogP contribution in [0.4, 0.5) is 0 Å². The highest BCUT2D eigenvalue weighted by Crippen LogP contribution is 2.05. The van der Waals surface area contributed by atoms with Gasteiger partial charge in [0.2, 0.25) is 5.91 Å². The van der Waals surface area contributed by atoms with Crippen molar-refractivity contribution >= 4 is 35.6 Å². The van der Waals surface area contributed by atoms with Crippen molar-refractivity contribution in [3.05, 3.63) is 22.4 Å². The summed E-state index contributed by atoms with van der Waals surface area (Å²) in [6, 6.07) is 1.79. The number of halogens is 1. The van der Waals surface area contributed by atoms with Gasteiger partial charge in [0.25, 0.3) is 5.91 Å². The number of hydrogen-bond donors (Lipinski definition) is 3. The number of nitrogens with zero attached hydrogens (tertiary/aromatic N) is 1. The Bertz CT molecular complexity index is 464. The average Bonchev–Trinajstić information content (AvgIpc) is 3.07. The van der Waals surface area contributed by atoms with Crippen LogP contribution >= 0.6 is 23.7 Å². The summed E-state index contributed by atoms with van der Waals surface area (Å²) < 4.78 is 0. The Labute approximate surface area is 147 Å². The largest absolute Gasteiger partial charge is 0.355 e. The molecular weight excluding hydrogens is 336 g/mol. The van der Waals surface area contributed by atoms with E-state index in [0.717, 1.165) is 32.7 Å². The molecule has 130 valence electrons. The summed E-state index contributed by atoms with van der Waals surface area (Å²) in [5.41, 5.74) is 0.686. The molecule has 1 aliphatic rings. The van der Waals surface area contributed by atoms with Crippen molar-refractivity contribution in [1.82, 2.24) is 20.9 Å². The molecule has 0 atom stereocenters. The van der Waals surface area contributed by atoms with Crippen molar-refractivity contribution in [2.24, 2.45) is 0 Å². The van der Waals surface area contributed by atoms with Gasteiger partial charge < -0.3 is 16.0 Å². The average molecular weight is 361 g/mol. The summed E-state index contributed by atoms with van der Waals surface area (Å²) in [6.07, 6.45) is 1.11. The normalized spacial score (nSPS) is 14.8. The van der Waals surface area contributed by atoms with E-state index in [1.54, 1.807) is 6.07 Å². The molecule has 0 radical (unpaired) electrons. The summed E-state index contributed by atoms with van der Waals surface area (Å²) in [5.74, 6) is -0.0136. The highest BCUT2D eigenvalue weighted by Gasteiger charge is 2.09. The first-order chi connectivity index (χ1) is 10.8. The number of amides is 2. The van der Waals surface area contributed by atoms with E-state index < -0.39 is 0 Å². The van der Waals surface area contributed by atoms with Gasteiger partial charge in [0, 0.05) is 63.2 Å². The lowest BCUT2D eigenvalue weighted by Gasteiger charge is -2.27. The van der Waals surface area contributed by atoms with E-state index in [2.05, 4.69) is 20.9 Å². The molecule has 1 aromatic rings. The van der Waals surface area contributed by atoms with Gasteiger partial charge in [-0.1, -0.05) is 0 Å². The first-order valence-corrected chi connectivity index (χ1v) is 8.70. The molecule has 8 heteroatoms. The molecule has 1 aliphatic heterocycles. The summed E-state index contributed by atoms with van der Waals surface area (Å²) in [7, 11) is 0.